The van der Waals surface area contributed by atoms with E-state index in [-0.39, 0.29) is 21.5 Å². The minimum absolute atomic E-state index is 0.00645. The molecular weight excluding hydrogens is 335 g/mol. The number of aryl methyl sites for hydroxylation is 1. The number of nitrogens with one attached hydrogen (secondary N) is 1. The van der Waals surface area contributed by atoms with Crippen LogP contribution in [-0.2, 0) is 23.5 Å². The number of nitrogens with zero attached hydrogens (tertiary/aromatic N) is 2. The fraction of sp³-hybridized carbons (Fsp3) is 0.250. The number of benzene rings is 1. The molecule has 0 bridgehead atoms. The summed E-state index contributed by atoms with van der Waals surface area (Å²) in [5, 5.41) is 4.00. The van der Waals surface area contributed by atoms with E-state index in [9.17, 15) is 8.42 Å². The Balaban J connectivity index is 2.14. The molecule has 1 aromatic heterocycles. The standard InChI is InChI=1S/C12H14Cl2N4O2S/c1-18-9(2-4-16-18)3-5-17-21(19,20)12-10(13)6-8(15)7-11(12)14/h2,4,6-7,17H,3,5,15H2,1H3. The van der Waals surface area contributed by atoms with Crippen molar-refractivity contribution in [1.29, 1.82) is 0 Å². The van der Waals surface area contributed by atoms with Crippen LogP contribution in [0, 0.1) is 0 Å². The van der Waals surface area contributed by atoms with Crippen LogP contribution in [-0.4, -0.2) is 24.7 Å². The van der Waals surface area contributed by atoms with E-state index in [1.807, 2.05) is 6.07 Å². The molecule has 0 saturated heterocycles. The van der Waals surface area contributed by atoms with Crippen LogP contribution in [0.15, 0.2) is 29.3 Å². The minimum Gasteiger partial charge on any atom is -0.399 e. The summed E-state index contributed by atoms with van der Waals surface area (Å²) >= 11 is 11.9. The lowest BCUT2D eigenvalue weighted by molar-refractivity contribution is 0.580. The van der Waals surface area contributed by atoms with Gasteiger partial charge in [-0.2, -0.15) is 5.10 Å². The van der Waals surface area contributed by atoms with E-state index < -0.39 is 10.0 Å². The molecular formula is C12H14Cl2N4O2S. The van der Waals surface area contributed by atoms with E-state index in [2.05, 4.69) is 9.82 Å². The maximum absolute atomic E-state index is 12.3. The van der Waals surface area contributed by atoms with E-state index in [0.717, 1.165) is 5.69 Å². The molecule has 3 N–H and O–H groups in total. The molecule has 0 aliphatic rings. The van der Waals surface area contributed by atoms with Gasteiger partial charge in [0.25, 0.3) is 0 Å². The molecule has 0 amide bonds. The topological polar surface area (TPSA) is 90.0 Å². The maximum Gasteiger partial charge on any atom is 0.243 e. The van der Waals surface area contributed by atoms with E-state index in [4.69, 9.17) is 28.9 Å². The van der Waals surface area contributed by atoms with Crippen LogP contribution >= 0.6 is 23.2 Å². The molecule has 9 heteroatoms. The van der Waals surface area contributed by atoms with Crippen molar-refractivity contribution in [3.63, 3.8) is 0 Å². The Morgan fingerprint density at radius 1 is 1.33 bits per heavy atom. The average Bonchev–Trinajstić information content (AvgIpc) is 2.73. The van der Waals surface area contributed by atoms with Gasteiger partial charge in [-0.25, -0.2) is 13.1 Å². The van der Waals surface area contributed by atoms with Crippen molar-refractivity contribution in [3.8, 4) is 0 Å². The van der Waals surface area contributed by atoms with Crippen LogP contribution in [0.2, 0.25) is 10.0 Å². The first-order valence-electron chi connectivity index (χ1n) is 6.02. The van der Waals surface area contributed by atoms with Gasteiger partial charge in [0.2, 0.25) is 10.0 Å². The molecule has 21 heavy (non-hydrogen) atoms. The van der Waals surface area contributed by atoms with Crippen LogP contribution in [0.4, 0.5) is 5.69 Å². The second-order valence-corrected chi connectivity index (χ2v) is 6.93. The zero-order valence-corrected chi connectivity index (χ0v) is 13.5. The largest absolute Gasteiger partial charge is 0.399 e. The Bertz CT molecular complexity index is 735. The van der Waals surface area contributed by atoms with Gasteiger partial charge in [0, 0.05) is 37.6 Å². The van der Waals surface area contributed by atoms with Crippen molar-refractivity contribution in [3.05, 3.63) is 40.1 Å². The summed E-state index contributed by atoms with van der Waals surface area (Å²) in [6, 6.07) is 4.52. The Kier molecular flexibility index (Phi) is 4.77. The highest BCUT2D eigenvalue weighted by Gasteiger charge is 2.22. The van der Waals surface area contributed by atoms with Gasteiger partial charge in [0.15, 0.2) is 0 Å². The SMILES string of the molecule is Cn1nccc1CCNS(=O)(=O)c1c(Cl)cc(N)cc1Cl. The van der Waals surface area contributed by atoms with Gasteiger partial charge in [-0.05, 0) is 18.2 Å². The Hall–Kier alpha value is -1.28. The Labute approximate surface area is 132 Å². The van der Waals surface area contributed by atoms with Gasteiger partial charge in [-0.15, -0.1) is 0 Å². The fourth-order valence-electron chi connectivity index (χ4n) is 1.87. The van der Waals surface area contributed by atoms with E-state index in [1.54, 1.807) is 17.9 Å². The van der Waals surface area contributed by atoms with Gasteiger partial charge >= 0.3 is 0 Å². The Morgan fingerprint density at radius 2 is 1.95 bits per heavy atom. The van der Waals surface area contributed by atoms with Gasteiger partial charge in [0.1, 0.15) is 4.90 Å². The number of sulfonamides is 1. The second-order valence-electron chi connectivity index (χ2n) is 4.41. The van der Waals surface area contributed by atoms with Crippen molar-refractivity contribution >= 4 is 38.9 Å². The highest BCUT2D eigenvalue weighted by molar-refractivity contribution is 7.89. The first-order valence-corrected chi connectivity index (χ1v) is 8.26. The van der Waals surface area contributed by atoms with Gasteiger partial charge < -0.3 is 5.73 Å². The molecule has 2 rings (SSSR count). The second kappa shape index (κ2) is 6.23. The molecule has 0 unspecified atom stereocenters. The molecule has 0 fully saturated rings. The fourth-order valence-corrected chi connectivity index (χ4v) is 4.13. The van der Waals surface area contributed by atoms with Crippen LogP contribution < -0.4 is 10.5 Å². The van der Waals surface area contributed by atoms with Crippen LogP contribution in [0.5, 0.6) is 0 Å². The number of nitrogens with two attached hydrogens (primary N) is 1. The molecule has 0 atom stereocenters. The molecule has 6 nitrogen and oxygen atoms in total. The van der Waals surface area contributed by atoms with Crippen LogP contribution in [0.1, 0.15) is 5.69 Å². The van der Waals surface area contributed by atoms with E-state index in [0.29, 0.717) is 12.1 Å². The van der Waals surface area contributed by atoms with Crippen molar-refractivity contribution in [1.82, 2.24) is 14.5 Å². The summed E-state index contributed by atoms with van der Waals surface area (Å²) in [5.74, 6) is 0. The van der Waals surface area contributed by atoms with Crippen molar-refractivity contribution in [2.45, 2.75) is 11.3 Å². The smallest absolute Gasteiger partial charge is 0.243 e. The molecule has 0 saturated carbocycles. The first kappa shape index (κ1) is 16.1. The molecule has 0 radical (unpaired) electrons. The minimum atomic E-state index is -3.80. The summed E-state index contributed by atoms with van der Waals surface area (Å²) in [6.07, 6.45) is 2.15. The normalized spacial score (nSPS) is 11.8. The van der Waals surface area contributed by atoms with Gasteiger partial charge in [0.05, 0.1) is 10.0 Å². The average molecular weight is 349 g/mol. The molecule has 0 aliphatic heterocycles. The third kappa shape index (κ3) is 3.68. The maximum atomic E-state index is 12.3. The van der Waals surface area contributed by atoms with Gasteiger partial charge in [-0.3, -0.25) is 4.68 Å². The molecule has 1 heterocycles. The lowest BCUT2D eigenvalue weighted by Gasteiger charge is -2.11. The van der Waals surface area contributed by atoms with E-state index >= 15 is 0 Å². The van der Waals surface area contributed by atoms with E-state index in [1.165, 1.54) is 12.1 Å². The van der Waals surface area contributed by atoms with Gasteiger partial charge in [-0.1, -0.05) is 23.2 Å². The van der Waals surface area contributed by atoms with Crippen LogP contribution in [0.25, 0.3) is 0 Å². The molecule has 1 aromatic carbocycles. The third-order valence-electron chi connectivity index (χ3n) is 2.89. The Morgan fingerprint density at radius 3 is 2.48 bits per heavy atom. The van der Waals surface area contributed by atoms with Crippen molar-refractivity contribution in [2.24, 2.45) is 7.05 Å². The number of aromatic nitrogens is 2. The zero-order valence-electron chi connectivity index (χ0n) is 11.2. The molecule has 114 valence electrons. The highest BCUT2D eigenvalue weighted by atomic mass is 35.5. The number of hydrogen-bond acceptors (Lipinski definition) is 4. The first-order chi connectivity index (χ1) is 9.81. The summed E-state index contributed by atoms with van der Waals surface area (Å²) in [7, 11) is -2.01. The number of nitrogen functional groups attached to an aromatic ring is 1. The number of rotatable bonds is 5. The molecule has 2 aromatic rings. The third-order valence-corrected chi connectivity index (χ3v) is 5.27. The number of anilines is 1. The molecule has 0 aliphatic carbocycles. The predicted octanol–water partition coefficient (Wildman–Crippen LogP) is 1.83. The monoisotopic (exact) mass is 348 g/mol. The quantitative estimate of drug-likeness (QED) is 0.806. The summed E-state index contributed by atoms with van der Waals surface area (Å²) in [5.41, 5.74) is 6.77. The summed E-state index contributed by atoms with van der Waals surface area (Å²) in [6.45, 7) is 0.207. The number of hydrogen-bond donors (Lipinski definition) is 2. The van der Waals surface area contributed by atoms with Crippen LogP contribution in [0.3, 0.4) is 0 Å². The summed E-state index contributed by atoms with van der Waals surface area (Å²) in [4.78, 5) is -0.162. The lowest BCUT2D eigenvalue weighted by atomic mass is 10.3. The van der Waals surface area contributed by atoms with Crippen molar-refractivity contribution in [2.75, 3.05) is 12.3 Å². The summed E-state index contributed by atoms with van der Waals surface area (Å²) < 4.78 is 28.7. The predicted molar refractivity (Wildman–Crippen MR) is 83.0 cm³/mol. The molecule has 0 spiro atoms. The highest BCUT2D eigenvalue weighted by Crippen LogP contribution is 2.31. The lowest BCUT2D eigenvalue weighted by Crippen LogP contribution is -2.27. The zero-order chi connectivity index (χ0) is 15.6. The van der Waals surface area contributed by atoms with Crippen molar-refractivity contribution < 1.29 is 8.42 Å². The number of halogens is 2.